The number of hydrogen-bond donors (Lipinski definition) is 1. The number of hydrogen-bond acceptors (Lipinski definition) is 1. The van der Waals surface area contributed by atoms with Gasteiger partial charge in [0.1, 0.15) is 0 Å². The highest BCUT2D eigenvalue weighted by Crippen LogP contribution is 2.43. The fraction of sp³-hybridized carbons (Fsp3) is 1.00. The van der Waals surface area contributed by atoms with E-state index < -0.39 is 0 Å². The van der Waals surface area contributed by atoms with Crippen LogP contribution in [0.2, 0.25) is 0 Å². The zero-order valence-electron chi connectivity index (χ0n) is 7.74. The Bertz CT molecular complexity index is 144. The lowest BCUT2D eigenvalue weighted by Gasteiger charge is -2.50. The Morgan fingerprint density at radius 2 is 1.45 bits per heavy atom. The molecule has 1 heteroatoms. The van der Waals surface area contributed by atoms with Gasteiger partial charge < -0.3 is 5.32 Å². The van der Waals surface area contributed by atoms with Crippen LogP contribution in [0.25, 0.3) is 0 Å². The average Bonchev–Trinajstić information content (AvgIpc) is 1.84. The molecule has 1 aliphatic carbocycles. The molecule has 64 valence electrons. The molecule has 0 atom stereocenters. The molecular weight excluding hydrogens is 134 g/mol. The minimum atomic E-state index is 0.607. The highest BCUT2D eigenvalue weighted by molar-refractivity contribution is 5.01. The maximum absolute atomic E-state index is 3.60. The molecule has 0 radical (unpaired) electrons. The molecule has 2 fully saturated rings. The second kappa shape index (κ2) is 2.22. The predicted octanol–water partition coefficient (Wildman–Crippen LogP) is 2.32. The van der Waals surface area contributed by atoms with Crippen molar-refractivity contribution >= 4 is 0 Å². The predicted molar refractivity (Wildman–Crippen MR) is 47.6 cm³/mol. The fourth-order valence-electron chi connectivity index (χ4n) is 2.31. The van der Waals surface area contributed by atoms with Crippen LogP contribution in [0.15, 0.2) is 0 Å². The fourth-order valence-corrected chi connectivity index (χ4v) is 2.31. The minimum Gasteiger partial charge on any atom is -0.311 e. The molecule has 1 aliphatic heterocycles. The largest absolute Gasteiger partial charge is 0.311 e. The molecule has 1 saturated carbocycles. The Morgan fingerprint density at radius 1 is 0.909 bits per heavy atom. The van der Waals surface area contributed by atoms with Crippen molar-refractivity contribution in [3.05, 3.63) is 0 Å². The molecule has 2 aliphatic rings. The molecule has 0 unspecified atom stereocenters. The number of nitrogens with one attached hydrogen (secondary N) is 1. The van der Waals surface area contributed by atoms with Gasteiger partial charge in [0.05, 0.1) is 0 Å². The molecule has 0 amide bonds. The van der Waals surface area contributed by atoms with Crippen molar-refractivity contribution in [1.82, 2.24) is 5.32 Å². The molecule has 1 nitrogen and oxygen atoms in total. The van der Waals surface area contributed by atoms with Gasteiger partial charge in [0.15, 0.2) is 0 Å². The molecule has 0 bridgehead atoms. The van der Waals surface area contributed by atoms with E-state index >= 15 is 0 Å². The molecule has 0 aromatic carbocycles. The van der Waals surface area contributed by atoms with E-state index in [1.54, 1.807) is 0 Å². The van der Waals surface area contributed by atoms with Gasteiger partial charge in [0.25, 0.3) is 0 Å². The van der Waals surface area contributed by atoms with E-state index in [1.807, 2.05) is 0 Å². The van der Waals surface area contributed by atoms with Crippen molar-refractivity contribution < 1.29 is 0 Å². The minimum absolute atomic E-state index is 0.607. The summed E-state index contributed by atoms with van der Waals surface area (Å²) >= 11 is 0. The average molecular weight is 153 g/mol. The Hall–Kier alpha value is -0.0400. The summed E-state index contributed by atoms with van der Waals surface area (Å²) in [5.41, 5.74) is 1.23. The van der Waals surface area contributed by atoms with Gasteiger partial charge in [-0.3, -0.25) is 0 Å². The molecule has 1 heterocycles. The van der Waals surface area contributed by atoms with Crippen molar-refractivity contribution in [1.29, 1.82) is 0 Å². The van der Waals surface area contributed by atoms with E-state index in [0.29, 0.717) is 11.0 Å². The van der Waals surface area contributed by atoms with Gasteiger partial charge in [-0.25, -0.2) is 0 Å². The van der Waals surface area contributed by atoms with Crippen LogP contribution in [0.5, 0.6) is 0 Å². The van der Waals surface area contributed by atoms with Crippen molar-refractivity contribution in [2.75, 3.05) is 6.54 Å². The van der Waals surface area contributed by atoms with Crippen LogP contribution < -0.4 is 5.32 Å². The van der Waals surface area contributed by atoms with Gasteiger partial charge in [-0.05, 0) is 44.1 Å². The van der Waals surface area contributed by atoms with Gasteiger partial charge in [0.2, 0.25) is 0 Å². The van der Waals surface area contributed by atoms with Crippen LogP contribution in [0.3, 0.4) is 0 Å². The standard InChI is InChI=1S/C10H19N/c1-9(2)3-5-10(6-4-9)7-8-11-10/h11H,3-8H2,1-2H3. The van der Waals surface area contributed by atoms with Crippen LogP contribution in [0, 0.1) is 5.41 Å². The summed E-state index contributed by atoms with van der Waals surface area (Å²) in [5.74, 6) is 0. The summed E-state index contributed by atoms with van der Waals surface area (Å²) < 4.78 is 0. The van der Waals surface area contributed by atoms with Crippen LogP contribution in [0.4, 0.5) is 0 Å². The summed E-state index contributed by atoms with van der Waals surface area (Å²) in [6, 6.07) is 0. The third-order valence-corrected chi connectivity index (χ3v) is 3.66. The van der Waals surface area contributed by atoms with E-state index in [1.165, 1.54) is 38.6 Å². The quantitative estimate of drug-likeness (QED) is 0.563. The van der Waals surface area contributed by atoms with E-state index in [-0.39, 0.29) is 0 Å². The Kier molecular flexibility index (Phi) is 1.54. The first-order valence-electron chi connectivity index (χ1n) is 4.87. The smallest absolute Gasteiger partial charge is 0.0194 e. The van der Waals surface area contributed by atoms with Gasteiger partial charge in [-0.2, -0.15) is 0 Å². The zero-order valence-corrected chi connectivity index (χ0v) is 7.74. The SMILES string of the molecule is CC1(C)CCC2(CCN2)CC1. The zero-order chi connectivity index (χ0) is 7.95. The summed E-state index contributed by atoms with van der Waals surface area (Å²) in [6.45, 7) is 6.07. The van der Waals surface area contributed by atoms with Gasteiger partial charge in [-0.15, -0.1) is 0 Å². The van der Waals surface area contributed by atoms with Crippen LogP contribution in [-0.2, 0) is 0 Å². The maximum atomic E-state index is 3.60. The van der Waals surface area contributed by atoms with Gasteiger partial charge in [0, 0.05) is 5.54 Å². The van der Waals surface area contributed by atoms with E-state index in [0.717, 1.165) is 0 Å². The summed E-state index contributed by atoms with van der Waals surface area (Å²) in [4.78, 5) is 0. The lowest BCUT2D eigenvalue weighted by Crippen LogP contribution is -2.59. The van der Waals surface area contributed by atoms with Crippen LogP contribution in [-0.4, -0.2) is 12.1 Å². The molecule has 2 rings (SSSR count). The van der Waals surface area contributed by atoms with E-state index in [9.17, 15) is 0 Å². The molecule has 11 heavy (non-hydrogen) atoms. The third-order valence-electron chi connectivity index (χ3n) is 3.66. The first kappa shape index (κ1) is 7.60. The Labute approximate surface area is 69.6 Å². The van der Waals surface area contributed by atoms with E-state index in [4.69, 9.17) is 0 Å². The molecular formula is C10H19N. The second-order valence-electron chi connectivity index (χ2n) is 5.12. The topological polar surface area (TPSA) is 12.0 Å². The van der Waals surface area contributed by atoms with Gasteiger partial charge >= 0.3 is 0 Å². The van der Waals surface area contributed by atoms with E-state index in [2.05, 4.69) is 19.2 Å². The summed E-state index contributed by atoms with van der Waals surface area (Å²) in [7, 11) is 0. The third kappa shape index (κ3) is 1.31. The Balaban J connectivity index is 1.94. The highest BCUT2D eigenvalue weighted by atomic mass is 15.0. The molecule has 1 saturated heterocycles. The molecule has 0 aromatic heterocycles. The second-order valence-corrected chi connectivity index (χ2v) is 5.12. The number of rotatable bonds is 0. The molecule has 1 N–H and O–H groups in total. The molecule has 0 aromatic rings. The molecule has 1 spiro atoms. The Morgan fingerprint density at radius 3 is 1.82 bits per heavy atom. The van der Waals surface area contributed by atoms with Crippen molar-refractivity contribution in [3.63, 3.8) is 0 Å². The first-order valence-corrected chi connectivity index (χ1v) is 4.87. The van der Waals surface area contributed by atoms with Crippen molar-refractivity contribution in [3.8, 4) is 0 Å². The summed E-state index contributed by atoms with van der Waals surface area (Å²) in [6.07, 6.45) is 7.10. The normalized spacial score (nSPS) is 33.3. The monoisotopic (exact) mass is 153 g/mol. The van der Waals surface area contributed by atoms with Crippen LogP contribution in [0.1, 0.15) is 46.0 Å². The van der Waals surface area contributed by atoms with Crippen molar-refractivity contribution in [2.45, 2.75) is 51.5 Å². The maximum Gasteiger partial charge on any atom is 0.0194 e. The lowest BCUT2D eigenvalue weighted by atomic mass is 9.66. The summed E-state index contributed by atoms with van der Waals surface area (Å²) in [5, 5.41) is 3.60. The highest BCUT2D eigenvalue weighted by Gasteiger charge is 2.41. The van der Waals surface area contributed by atoms with Crippen LogP contribution >= 0.6 is 0 Å². The van der Waals surface area contributed by atoms with Gasteiger partial charge in [-0.1, -0.05) is 13.8 Å². The first-order chi connectivity index (χ1) is 5.12. The van der Waals surface area contributed by atoms with Crippen molar-refractivity contribution in [2.24, 2.45) is 5.41 Å². The lowest BCUT2D eigenvalue weighted by molar-refractivity contribution is 0.0824.